The predicted molar refractivity (Wildman–Crippen MR) is 99.2 cm³/mol. The number of carbonyl (C=O) groups is 1. The third kappa shape index (κ3) is 4.25. The summed E-state index contributed by atoms with van der Waals surface area (Å²) in [5.41, 5.74) is 2.50. The van der Waals surface area contributed by atoms with Crippen LogP contribution in [-0.2, 0) is 6.42 Å². The van der Waals surface area contributed by atoms with Gasteiger partial charge in [0.15, 0.2) is 0 Å². The predicted octanol–water partition coefficient (Wildman–Crippen LogP) is 5.14. The molecule has 1 N–H and O–H groups in total. The smallest absolute Gasteiger partial charge is 0.257 e. The minimum Gasteiger partial charge on any atom is -0.457 e. The van der Waals surface area contributed by atoms with Gasteiger partial charge in [0, 0.05) is 5.69 Å². The highest BCUT2D eigenvalue weighted by atomic mass is 19.1. The van der Waals surface area contributed by atoms with E-state index in [1.165, 1.54) is 17.7 Å². The van der Waals surface area contributed by atoms with E-state index in [4.69, 9.17) is 4.74 Å². The van der Waals surface area contributed by atoms with Crippen molar-refractivity contribution in [3.8, 4) is 11.5 Å². The van der Waals surface area contributed by atoms with Crippen LogP contribution in [0.3, 0.4) is 0 Å². The summed E-state index contributed by atoms with van der Waals surface area (Å²) in [4.78, 5) is 16.0. The van der Waals surface area contributed by atoms with Crippen LogP contribution in [0, 0.1) is 12.9 Å². The van der Waals surface area contributed by atoms with E-state index in [1.807, 2.05) is 18.2 Å². The van der Waals surface area contributed by atoms with Gasteiger partial charge in [-0.3, -0.25) is 4.79 Å². The van der Waals surface area contributed by atoms with Crippen molar-refractivity contribution in [2.24, 2.45) is 0 Å². The molecule has 0 bridgehead atoms. The highest BCUT2D eigenvalue weighted by Gasteiger charge is 2.11. The van der Waals surface area contributed by atoms with Crippen LogP contribution in [0.1, 0.15) is 28.5 Å². The summed E-state index contributed by atoms with van der Waals surface area (Å²) in [6, 6.07) is 17.6. The molecular weight excluding hydrogens is 331 g/mol. The molecule has 1 amide bonds. The molecule has 3 rings (SSSR count). The fourth-order valence-corrected chi connectivity index (χ4v) is 2.54. The highest BCUT2D eigenvalue weighted by Crippen LogP contribution is 2.24. The molecule has 1 heterocycles. The Kier molecular flexibility index (Phi) is 5.27. The molecule has 2 aromatic carbocycles. The second kappa shape index (κ2) is 7.78. The zero-order valence-electron chi connectivity index (χ0n) is 14.6. The Balaban J connectivity index is 1.68. The fraction of sp³-hybridized carbons (Fsp3) is 0.143. The van der Waals surface area contributed by atoms with Gasteiger partial charge in [0.25, 0.3) is 5.91 Å². The monoisotopic (exact) mass is 350 g/mol. The quantitative estimate of drug-likeness (QED) is 0.649. The van der Waals surface area contributed by atoms with E-state index in [0.717, 1.165) is 12.2 Å². The number of pyridine rings is 1. The molecule has 0 radical (unpaired) electrons. The maximum absolute atomic E-state index is 13.1. The van der Waals surface area contributed by atoms with Gasteiger partial charge in [-0.25, -0.2) is 4.98 Å². The van der Waals surface area contributed by atoms with E-state index in [1.54, 1.807) is 31.2 Å². The van der Waals surface area contributed by atoms with Crippen molar-refractivity contribution in [2.75, 3.05) is 5.32 Å². The topological polar surface area (TPSA) is 51.2 Å². The number of halogens is 1. The van der Waals surface area contributed by atoms with Crippen LogP contribution in [0.2, 0.25) is 0 Å². The van der Waals surface area contributed by atoms with E-state index >= 15 is 0 Å². The lowest BCUT2D eigenvalue weighted by Gasteiger charge is -2.10. The second-order valence-corrected chi connectivity index (χ2v) is 5.85. The maximum Gasteiger partial charge on any atom is 0.257 e. The molecule has 132 valence electrons. The SMILES string of the molecule is CCc1cccc(Oc2ccc(NC(=O)c3ccc(F)nc3C)cc2)c1. The Hall–Kier alpha value is -3.21. The molecule has 26 heavy (non-hydrogen) atoms. The molecule has 4 nitrogen and oxygen atoms in total. The Bertz CT molecular complexity index is 924. The first-order valence-electron chi connectivity index (χ1n) is 8.36. The van der Waals surface area contributed by atoms with Crippen LogP contribution in [0.4, 0.5) is 10.1 Å². The summed E-state index contributed by atoms with van der Waals surface area (Å²) in [7, 11) is 0. The van der Waals surface area contributed by atoms with Gasteiger partial charge >= 0.3 is 0 Å². The molecule has 0 atom stereocenters. The number of aromatic nitrogens is 1. The van der Waals surface area contributed by atoms with Gasteiger partial charge in [0.2, 0.25) is 5.95 Å². The number of aryl methyl sites for hydroxylation is 2. The van der Waals surface area contributed by atoms with Crippen LogP contribution >= 0.6 is 0 Å². The van der Waals surface area contributed by atoms with Gasteiger partial charge in [-0.05, 0) is 67.4 Å². The third-order valence-electron chi connectivity index (χ3n) is 3.95. The zero-order valence-corrected chi connectivity index (χ0v) is 14.6. The van der Waals surface area contributed by atoms with Crippen molar-refractivity contribution < 1.29 is 13.9 Å². The minimum atomic E-state index is -0.604. The number of hydrogen-bond acceptors (Lipinski definition) is 3. The van der Waals surface area contributed by atoms with Gasteiger partial charge in [-0.1, -0.05) is 19.1 Å². The largest absolute Gasteiger partial charge is 0.457 e. The molecule has 0 unspecified atom stereocenters. The summed E-state index contributed by atoms with van der Waals surface area (Å²) in [5, 5.41) is 2.77. The number of amides is 1. The molecule has 1 aromatic heterocycles. The van der Waals surface area contributed by atoms with Gasteiger partial charge in [0.05, 0.1) is 11.3 Å². The van der Waals surface area contributed by atoms with E-state index in [9.17, 15) is 9.18 Å². The van der Waals surface area contributed by atoms with Gasteiger partial charge < -0.3 is 10.1 Å². The van der Waals surface area contributed by atoms with Gasteiger partial charge in [0.1, 0.15) is 11.5 Å². The number of nitrogens with zero attached hydrogens (tertiary/aromatic N) is 1. The van der Waals surface area contributed by atoms with Crippen molar-refractivity contribution in [1.29, 1.82) is 0 Å². The van der Waals surface area contributed by atoms with Crippen molar-refractivity contribution in [3.05, 3.63) is 83.4 Å². The standard InChI is InChI=1S/C21H19FN2O2/c1-3-15-5-4-6-18(13-15)26-17-9-7-16(8-10-17)24-21(25)19-11-12-20(22)23-14(19)2/h4-13H,3H2,1-2H3,(H,24,25). The molecule has 0 aliphatic heterocycles. The van der Waals surface area contributed by atoms with E-state index in [2.05, 4.69) is 23.3 Å². The fourth-order valence-electron chi connectivity index (χ4n) is 2.54. The van der Waals surface area contributed by atoms with Crippen molar-refractivity contribution in [1.82, 2.24) is 4.98 Å². The van der Waals surface area contributed by atoms with Crippen LogP contribution in [0.15, 0.2) is 60.7 Å². The van der Waals surface area contributed by atoms with Crippen LogP contribution in [0.25, 0.3) is 0 Å². The summed E-state index contributed by atoms with van der Waals surface area (Å²) >= 11 is 0. The lowest BCUT2D eigenvalue weighted by atomic mass is 10.1. The average Bonchev–Trinajstić information content (AvgIpc) is 2.63. The Morgan fingerprint density at radius 3 is 2.54 bits per heavy atom. The summed E-state index contributed by atoms with van der Waals surface area (Å²) in [5.74, 6) is 0.511. The maximum atomic E-state index is 13.1. The number of benzene rings is 2. The number of hydrogen-bond donors (Lipinski definition) is 1. The number of nitrogens with one attached hydrogen (secondary N) is 1. The number of carbonyl (C=O) groups excluding carboxylic acids is 1. The van der Waals surface area contributed by atoms with Crippen LogP contribution < -0.4 is 10.1 Å². The highest BCUT2D eigenvalue weighted by molar-refractivity contribution is 6.04. The Morgan fingerprint density at radius 2 is 1.85 bits per heavy atom. The Labute approximate surface area is 151 Å². The lowest BCUT2D eigenvalue weighted by Crippen LogP contribution is -2.14. The number of rotatable bonds is 5. The van der Waals surface area contributed by atoms with Crippen molar-refractivity contribution in [2.45, 2.75) is 20.3 Å². The summed E-state index contributed by atoms with van der Waals surface area (Å²) < 4.78 is 18.9. The van der Waals surface area contributed by atoms with Crippen molar-refractivity contribution >= 4 is 11.6 Å². The molecule has 0 aliphatic carbocycles. The normalized spacial score (nSPS) is 10.4. The van der Waals surface area contributed by atoms with E-state index in [-0.39, 0.29) is 5.91 Å². The average molecular weight is 350 g/mol. The summed E-state index contributed by atoms with van der Waals surface area (Å²) in [6.45, 7) is 3.69. The zero-order chi connectivity index (χ0) is 18.5. The van der Waals surface area contributed by atoms with Crippen LogP contribution in [0.5, 0.6) is 11.5 Å². The molecular formula is C21H19FN2O2. The van der Waals surface area contributed by atoms with Gasteiger partial charge in [-0.2, -0.15) is 4.39 Å². The molecule has 0 saturated carbocycles. The first-order valence-corrected chi connectivity index (χ1v) is 8.36. The summed E-state index contributed by atoms with van der Waals surface area (Å²) in [6.07, 6.45) is 0.944. The molecule has 0 saturated heterocycles. The van der Waals surface area contributed by atoms with Crippen LogP contribution in [-0.4, -0.2) is 10.9 Å². The lowest BCUT2D eigenvalue weighted by molar-refractivity contribution is 0.102. The molecule has 0 aliphatic rings. The number of anilines is 1. The Morgan fingerprint density at radius 1 is 1.08 bits per heavy atom. The second-order valence-electron chi connectivity index (χ2n) is 5.85. The van der Waals surface area contributed by atoms with Gasteiger partial charge in [-0.15, -0.1) is 0 Å². The molecule has 0 fully saturated rings. The third-order valence-corrected chi connectivity index (χ3v) is 3.95. The minimum absolute atomic E-state index is 0.334. The van der Waals surface area contributed by atoms with E-state index in [0.29, 0.717) is 22.7 Å². The molecule has 0 spiro atoms. The first kappa shape index (κ1) is 17.6. The van der Waals surface area contributed by atoms with Crippen molar-refractivity contribution in [3.63, 3.8) is 0 Å². The molecule has 5 heteroatoms. The molecule has 3 aromatic rings. The number of ether oxygens (including phenoxy) is 1. The van der Waals surface area contributed by atoms with E-state index < -0.39 is 5.95 Å². The first-order chi connectivity index (χ1) is 12.5.